The van der Waals surface area contributed by atoms with Crippen LogP contribution in [0.4, 0.5) is 0 Å². The third-order valence-corrected chi connectivity index (χ3v) is 6.23. The van der Waals surface area contributed by atoms with Gasteiger partial charge in [-0.1, -0.05) is 12.8 Å². The highest BCUT2D eigenvalue weighted by Crippen LogP contribution is 2.39. The van der Waals surface area contributed by atoms with E-state index in [1.54, 1.807) is 0 Å². The van der Waals surface area contributed by atoms with E-state index < -0.39 is 0 Å². The molecule has 1 aromatic rings. The number of benzene rings is 1. The van der Waals surface area contributed by atoms with Crippen LogP contribution in [0.15, 0.2) is 12.1 Å². The quantitative estimate of drug-likeness (QED) is 0.704. The van der Waals surface area contributed by atoms with Crippen molar-refractivity contribution in [3.63, 3.8) is 0 Å². The highest BCUT2D eigenvalue weighted by atomic mass is 16.5. The molecule has 0 N–H and O–H groups in total. The maximum atomic E-state index is 12.8. The highest BCUT2D eigenvalue weighted by Gasteiger charge is 2.48. The van der Waals surface area contributed by atoms with Crippen molar-refractivity contribution in [2.24, 2.45) is 11.8 Å². The molecule has 4 rings (SSSR count). The minimum Gasteiger partial charge on any atom is -0.490 e. The second kappa shape index (κ2) is 8.11. The number of carbonyl (C=O) groups excluding carboxylic acids is 2. The lowest BCUT2D eigenvalue weighted by Crippen LogP contribution is -2.43. The summed E-state index contributed by atoms with van der Waals surface area (Å²) in [5.41, 5.74) is 2.45. The molecule has 0 spiro atoms. The first-order valence-electron chi connectivity index (χ1n) is 10.6. The Balaban J connectivity index is 1.48. The van der Waals surface area contributed by atoms with Crippen LogP contribution in [0, 0.1) is 11.8 Å². The van der Waals surface area contributed by atoms with Gasteiger partial charge in [0.25, 0.3) is 0 Å². The number of carbonyl (C=O) groups is 2. The number of hydrogen-bond acceptors (Lipinski definition) is 5. The fraction of sp³-hybridized carbons (Fsp3) is 0.636. The van der Waals surface area contributed by atoms with Crippen LogP contribution < -0.4 is 9.47 Å². The third-order valence-electron chi connectivity index (χ3n) is 6.23. The van der Waals surface area contributed by atoms with E-state index >= 15 is 0 Å². The molecule has 1 saturated heterocycles. The first-order chi connectivity index (χ1) is 13.6. The van der Waals surface area contributed by atoms with E-state index in [-0.39, 0.29) is 23.7 Å². The van der Waals surface area contributed by atoms with Crippen LogP contribution in [0.25, 0.3) is 0 Å². The zero-order valence-electron chi connectivity index (χ0n) is 16.9. The van der Waals surface area contributed by atoms with Crippen molar-refractivity contribution < 1.29 is 19.1 Å². The van der Waals surface area contributed by atoms with Crippen LogP contribution in [0.3, 0.4) is 0 Å². The van der Waals surface area contributed by atoms with Crippen molar-refractivity contribution in [1.82, 2.24) is 9.80 Å². The largest absolute Gasteiger partial charge is 0.490 e. The highest BCUT2D eigenvalue weighted by molar-refractivity contribution is 6.05. The Bertz CT molecular complexity index is 739. The van der Waals surface area contributed by atoms with Crippen LogP contribution in [-0.4, -0.2) is 48.0 Å². The summed E-state index contributed by atoms with van der Waals surface area (Å²) in [4.78, 5) is 29.3. The number of ether oxygens (including phenoxy) is 2. The second-order valence-electron chi connectivity index (χ2n) is 7.98. The van der Waals surface area contributed by atoms with Crippen molar-refractivity contribution in [3.8, 4) is 11.5 Å². The lowest BCUT2D eigenvalue weighted by atomic mass is 9.81. The van der Waals surface area contributed by atoms with Gasteiger partial charge >= 0.3 is 0 Å². The number of hydrogen-bond donors (Lipinski definition) is 0. The van der Waals surface area contributed by atoms with Crippen molar-refractivity contribution in [2.45, 2.75) is 52.5 Å². The molecular weight excluding hydrogens is 356 g/mol. The van der Waals surface area contributed by atoms with Gasteiger partial charge in [-0.3, -0.25) is 19.4 Å². The molecule has 28 heavy (non-hydrogen) atoms. The summed E-state index contributed by atoms with van der Waals surface area (Å²) < 4.78 is 11.5. The molecule has 1 aromatic carbocycles. The summed E-state index contributed by atoms with van der Waals surface area (Å²) in [6, 6.07) is 4.14. The lowest BCUT2D eigenvalue weighted by Gasteiger charge is -2.32. The number of nitrogens with zero attached hydrogens (tertiary/aromatic N) is 2. The van der Waals surface area contributed by atoms with Crippen molar-refractivity contribution in [1.29, 1.82) is 0 Å². The Hall–Kier alpha value is -2.08. The Labute approximate surface area is 166 Å². The van der Waals surface area contributed by atoms with Gasteiger partial charge in [-0.15, -0.1) is 0 Å². The Kier molecular flexibility index (Phi) is 5.58. The van der Waals surface area contributed by atoms with Gasteiger partial charge in [0.1, 0.15) is 0 Å². The van der Waals surface area contributed by atoms with Crippen LogP contribution >= 0.6 is 0 Å². The molecule has 2 aliphatic heterocycles. The summed E-state index contributed by atoms with van der Waals surface area (Å²) in [6.45, 7) is 7.08. The fourth-order valence-electron chi connectivity index (χ4n) is 4.85. The number of amides is 2. The van der Waals surface area contributed by atoms with Gasteiger partial charge in [0.05, 0.1) is 31.7 Å². The van der Waals surface area contributed by atoms with Gasteiger partial charge < -0.3 is 9.47 Å². The predicted octanol–water partition coefficient (Wildman–Crippen LogP) is 2.97. The van der Waals surface area contributed by atoms with Crippen molar-refractivity contribution in [2.75, 3.05) is 26.4 Å². The molecule has 2 fully saturated rings. The van der Waals surface area contributed by atoms with Crippen LogP contribution in [0.1, 0.15) is 50.7 Å². The molecule has 0 aromatic heterocycles. The number of rotatable bonds is 6. The zero-order chi connectivity index (χ0) is 19.7. The molecular formula is C22H30N2O4. The smallest absolute Gasteiger partial charge is 0.234 e. The lowest BCUT2D eigenvalue weighted by molar-refractivity contribution is -0.142. The molecule has 2 amide bonds. The molecule has 152 valence electrons. The fourth-order valence-corrected chi connectivity index (χ4v) is 4.85. The first kappa shape index (κ1) is 19.2. The molecule has 0 radical (unpaired) electrons. The van der Waals surface area contributed by atoms with Gasteiger partial charge in [-0.25, -0.2) is 0 Å². The maximum absolute atomic E-state index is 12.8. The Morgan fingerprint density at radius 1 is 0.929 bits per heavy atom. The SMILES string of the molecule is CCOc1cc2c(cc1OCC)CN(CN1C(=O)[C@H]3CCCC[C@@H]3C1=O)CC2. The van der Waals surface area contributed by atoms with Crippen LogP contribution in [0.2, 0.25) is 0 Å². The normalized spacial score (nSPS) is 24.9. The molecule has 6 heteroatoms. The minimum atomic E-state index is -0.0726. The monoisotopic (exact) mass is 386 g/mol. The molecule has 0 unspecified atom stereocenters. The van der Waals surface area contributed by atoms with E-state index in [9.17, 15) is 9.59 Å². The average molecular weight is 386 g/mol. The first-order valence-corrected chi connectivity index (χ1v) is 10.6. The Morgan fingerprint density at radius 2 is 1.50 bits per heavy atom. The number of likely N-dealkylation sites (tertiary alicyclic amines) is 1. The van der Waals surface area contributed by atoms with E-state index in [1.807, 2.05) is 13.8 Å². The van der Waals surface area contributed by atoms with E-state index in [0.717, 1.165) is 50.1 Å². The molecule has 2 heterocycles. The molecule has 1 aliphatic carbocycles. The van der Waals surface area contributed by atoms with Gasteiger partial charge in [-0.2, -0.15) is 0 Å². The van der Waals surface area contributed by atoms with E-state index in [1.165, 1.54) is 16.0 Å². The zero-order valence-corrected chi connectivity index (χ0v) is 16.9. The Morgan fingerprint density at radius 3 is 2.07 bits per heavy atom. The molecule has 1 saturated carbocycles. The minimum absolute atomic E-state index is 0.0437. The second-order valence-corrected chi connectivity index (χ2v) is 7.98. The third kappa shape index (κ3) is 3.50. The molecule has 0 bridgehead atoms. The number of fused-ring (bicyclic) bond motifs is 2. The van der Waals surface area contributed by atoms with E-state index in [2.05, 4.69) is 17.0 Å². The van der Waals surface area contributed by atoms with Crippen LogP contribution in [-0.2, 0) is 22.6 Å². The average Bonchev–Trinajstić information content (AvgIpc) is 2.94. The van der Waals surface area contributed by atoms with Gasteiger partial charge in [0, 0.05) is 13.1 Å². The van der Waals surface area contributed by atoms with Gasteiger partial charge in [-0.05, 0) is 56.4 Å². The van der Waals surface area contributed by atoms with Crippen molar-refractivity contribution >= 4 is 11.8 Å². The summed E-state index contributed by atoms with van der Waals surface area (Å²) in [5, 5.41) is 0. The topological polar surface area (TPSA) is 59.1 Å². The summed E-state index contributed by atoms with van der Waals surface area (Å²) in [6.07, 6.45) is 4.74. The van der Waals surface area contributed by atoms with Gasteiger partial charge in [0.2, 0.25) is 11.8 Å². The molecule has 3 aliphatic rings. The maximum Gasteiger partial charge on any atom is 0.234 e. The standard InChI is InChI=1S/C22H30N2O4/c1-3-27-19-11-15-9-10-23(13-16(15)12-20(19)28-4-2)14-24-21(25)17-7-5-6-8-18(17)22(24)26/h11-12,17-18H,3-10,13-14H2,1-2H3/t17-,18-/m0/s1. The van der Waals surface area contributed by atoms with E-state index in [0.29, 0.717) is 26.4 Å². The number of imide groups is 1. The summed E-state index contributed by atoms with van der Waals surface area (Å²) in [5.74, 6) is 1.51. The van der Waals surface area contributed by atoms with E-state index in [4.69, 9.17) is 9.47 Å². The summed E-state index contributed by atoms with van der Waals surface area (Å²) >= 11 is 0. The molecule has 6 nitrogen and oxygen atoms in total. The van der Waals surface area contributed by atoms with Gasteiger partial charge in [0.15, 0.2) is 11.5 Å². The molecule has 2 atom stereocenters. The summed E-state index contributed by atoms with van der Waals surface area (Å²) in [7, 11) is 0. The van der Waals surface area contributed by atoms with Crippen LogP contribution in [0.5, 0.6) is 11.5 Å². The van der Waals surface area contributed by atoms with Crippen molar-refractivity contribution in [3.05, 3.63) is 23.3 Å². The predicted molar refractivity (Wildman–Crippen MR) is 105 cm³/mol.